The van der Waals surface area contributed by atoms with Gasteiger partial charge in [0.2, 0.25) is 9.84 Å². The summed E-state index contributed by atoms with van der Waals surface area (Å²) in [5, 5.41) is -1.69. The highest BCUT2D eigenvalue weighted by molar-refractivity contribution is 8.52. The van der Waals surface area contributed by atoms with Crippen LogP contribution in [0.15, 0.2) is 64.9 Å². The van der Waals surface area contributed by atoms with Crippen LogP contribution in [0, 0.1) is 0 Å². The first-order valence-electron chi connectivity index (χ1n) is 6.33. The monoisotopic (exact) mass is 390 g/mol. The topological polar surface area (TPSA) is 0 Å². The van der Waals surface area contributed by atoms with E-state index in [1.807, 2.05) is 0 Å². The Morgan fingerprint density at radius 1 is 0.833 bits per heavy atom. The molecule has 9 heteroatoms. The first-order valence-corrected chi connectivity index (χ1v) is 8.83. The van der Waals surface area contributed by atoms with Crippen LogP contribution in [0.5, 0.6) is 0 Å². The van der Waals surface area contributed by atoms with Crippen molar-refractivity contribution in [2.24, 2.45) is 0 Å². The summed E-state index contributed by atoms with van der Waals surface area (Å²) in [5.74, 6) is 0. The zero-order valence-electron chi connectivity index (χ0n) is 11.7. The third-order valence-electron chi connectivity index (χ3n) is 3.06. The predicted octanol–water partition coefficient (Wildman–Crippen LogP) is 7.72. The van der Waals surface area contributed by atoms with E-state index in [0.29, 0.717) is 24.3 Å². The van der Waals surface area contributed by atoms with Crippen molar-refractivity contribution < 1.29 is 28.7 Å². The molecule has 0 aromatic heterocycles. The van der Waals surface area contributed by atoms with Crippen molar-refractivity contribution >= 4 is 26.5 Å². The zero-order chi connectivity index (χ0) is 18.3. The van der Waals surface area contributed by atoms with Crippen molar-refractivity contribution in [1.29, 1.82) is 0 Å². The Kier molecular flexibility index (Phi) is 4.01. The van der Waals surface area contributed by atoms with Gasteiger partial charge in [0, 0.05) is 0 Å². The number of alkyl halides is 3. The summed E-state index contributed by atoms with van der Waals surface area (Å²) in [5.41, 5.74) is -1.43. The number of benzene rings is 2. The minimum atomic E-state index is -8.82. The van der Waals surface area contributed by atoms with Crippen LogP contribution >= 0.6 is 21.4 Å². The molecule has 2 aromatic carbocycles. The molecule has 0 unspecified atom stereocenters. The highest BCUT2D eigenvalue weighted by Crippen LogP contribution is 3.02. The molecule has 0 bridgehead atoms. The molecule has 2 aromatic rings. The molecule has 2 rings (SSSR count). The largest absolute Gasteiger partial charge is 0.416 e. The molecule has 0 aliphatic rings. The van der Waals surface area contributed by atoms with E-state index in [4.69, 9.17) is 11.6 Å². The summed E-state index contributed by atoms with van der Waals surface area (Å²) >= 11 is 5.54. The normalized spacial score (nSPS) is 16.4. The van der Waals surface area contributed by atoms with Crippen molar-refractivity contribution in [1.82, 2.24) is 0 Å². The Labute approximate surface area is 138 Å². The predicted molar refractivity (Wildman–Crippen MR) is 82.0 cm³/mol. The Morgan fingerprint density at radius 2 is 1.33 bits per heavy atom. The van der Waals surface area contributed by atoms with E-state index < -0.39 is 36.9 Å². The lowest BCUT2D eigenvalue weighted by molar-refractivity contribution is -0.137. The minimum Gasteiger partial charge on any atom is -0.166 e. The van der Waals surface area contributed by atoms with Gasteiger partial charge in [0.25, 0.3) is 0 Å². The maximum absolute atomic E-state index is 14.2. The van der Waals surface area contributed by atoms with Gasteiger partial charge in [-0.25, -0.2) is 0 Å². The molecule has 0 aliphatic heterocycles. The SMILES string of the molecule is FC(F)(F)c1ccc(C(Cl)=CS(F)(F)(F)(F)c2ccccc2)cc1. The van der Waals surface area contributed by atoms with Gasteiger partial charge in [-0.15, -0.1) is 15.5 Å². The minimum absolute atomic E-state index is 0.379. The van der Waals surface area contributed by atoms with Gasteiger partial charge in [0.05, 0.1) is 20.9 Å². The molecule has 0 spiro atoms. The summed E-state index contributed by atoms with van der Waals surface area (Å²) in [4.78, 5) is -1.50. The van der Waals surface area contributed by atoms with Gasteiger partial charge in [-0.2, -0.15) is 13.2 Å². The van der Waals surface area contributed by atoms with Crippen LogP contribution in [0.1, 0.15) is 11.1 Å². The molecule has 0 saturated carbocycles. The maximum Gasteiger partial charge on any atom is 0.416 e. The van der Waals surface area contributed by atoms with E-state index in [2.05, 4.69) is 0 Å². The first-order chi connectivity index (χ1) is 10.7. The van der Waals surface area contributed by atoms with E-state index in [-0.39, 0.29) is 5.56 Å². The molecule has 0 heterocycles. The van der Waals surface area contributed by atoms with Crippen molar-refractivity contribution in [3.05, 3.63) is 71.1 Å². The molecule has 132 valence electrons. The smallest absolute Gasteiger partial charge is 0.166 e. The van der Waals surface area contributed by atoms with Crippen molar-refractivity contribution in [2.75, 3.05) is 0 Å². The molecule has 0 saturated heterocycles. The summed E-state index contributed by atoms with van der Waals surface area (Å²) in [6, 6.07) is 7.10. The Morgan fingerprint density at radius 3 is 1.79 bits per heavy atom. The van der Waals surface area contributed by atoms with Crippen LogP contribution in [0.25, 0.3) is 5.03 Å². The summed E-state index contributed by atoms with van der Waals surface area (Å²) in [7, 11) is -8.82. The van der Waals surface area contributed by atoms with E-state index in [1.165, 1.54) is 6.07 Å². The van der Waals surface area contributed by atoms with Crippen LogP contribution < -0.4 is 0 Å². The van der Waals surface area contributed by atoms with Gasteiger partial charge in [0.1, 0.15) is 0 Å². The average molecular weight is 391 g/mol. The second-order valence-corrected chi connectivity index (χ2v) is 8.37. The van der Waals surface area contributed by atoms with Crippen molar-refractivity contribution in [3.63, 3.8) is 0 Å². The van der Waals surface area contributed by atoms with Crippen LogP contribution in [0.2, 0.25) is 0 Å². The lowest BCUT2D eigenvalue weighted by Crippen LogP contribution is -2.10. The summed E-state index contributed by atoms with van der Waals surface area (Å²) in [6.07, 6.45) is -4.64. The Hall–Kier alpha value is -1.67. The van der Waals surface area contributed by atoms with Gasteiger partial charge in [0.15, 0.2) is 0 Å². The molecule has 0 fully saturated rings. The average Bonchev–Trinajstić information content (AvgIpc) is 2.46. The maximum atomic E-state index is 14.2. The standard InChI is InChI=1S/C15H10ClF7S/c16-14(11-6-8-12(9-7-11)15(17,18)19)10-24(20,21,22,23)13-4-2-1-3-5-13/h1-10H. The second kappa shape index (κ2) is 5.16. The quantitative estimate of drug-likeness (QED) is 0.471. The summed E-state index contributed by atoms with van der Waals surface area (Å²) in [6.45, 7) is 0. The Bertz CT molecular complexity index is 773. The molecule has 0 amide bonds. The number of rotatable bonds is 3. The molecule has 0 radical (unpaired) electrons. The molecule has 0 atom stereocenters. The molecule has 0 N–H and O–H groups in total. The highest BCUT2D eigenvalue weighted by atomic mass is 35.5. The van der Waals surface area contributed by atoms with E-state index in [1.54, 1.807) is 0 Å². The molecule has 0 aliphatic carbocycles. The number of halogens is 8. The fraction of sp³-hybridized carbons (Fsp3) is 0.0667. The molecular weight excluding hydrogens is 381 g/mol. The van der Waals surface area contributed by atoms with Crippen molar-refractivity contribution in [3.8, 4) is 0 Å². The first kappa shape index (κ1) is 18.7. The van der Waals surface area contributed by atoms with E-state index in [0.717, 1.165) is 24.3 Å². The fourth-order valence-electron chi connectivity index (χ4n) is 1.87. The number of hydrogen-bond acceptors (Lipinski definition) is 0. The molecule has 24 heavy (non-hydrogen) atoms. The van der Waals surface area contributed by atoms with Crippen molar-refractivity contribution in [2.45, 2.75) is 11.1 Å². The van der Waals surface area contributed by atoms with Crippen LogP contribution in [-0.2, 0) is 6.18 Å². The Balaban J connectivity index is 2.50. The van der Waals surface area contributed by atoms with E-state index >= 15 is 0 Å². The highest BCUT2D eigenvalue weighted by Gasteiger charge is 2.62. The van der Waals surface area contributed by atoms with Crippen LogP contribution in [0.3, 0.4) is 0 Å². The van der Waals surface area contributed by atoms with Gasteiger partial charge < -0.3 is 0 Å². The lowest BCUT2D eigenvalue weighted by atomic mass is 10.1. The van der Waals surface area contributed by atoms with Gasteiger partial charge >= 0.3 is 6.18 Å². The second-order valence-electron chi connectivity index (χ2n) is 4.99. The van der Waals surface area contributed by atoms with Gasteiger partial charge in [-0.1, -0.05) is 41.9 Å². The number of hydrogen-bond donors (Lipinski definition) is 0. The van der Waals surface area contributed by atoms with Gasteiger partial charge in [-0.05, 0) is 29.8 Å². The molecular formula is C15H10ClF7S. The van der Waals surface area contributed by atoms with Crippen LogP contribution in [-0.4, -0.2) is 0 Å². The summed E-state index contributed by atoms with van der Waals surface area (Å²) < 4.78 is 94.1. The fourth-order valence-corrected chi connectivity index (χ4v) is 3.95. The third-order valence-corrected chi connectivity index (χ3v) is 5.49. The lowest BCUT2D eigenvalue weighted by Gasteiger charge is -2.47. The zero-order valence-corrected chi connectivity index (χ0v) is 13.3. The van der Waals surface area contributed by atoms with E-state index in [9.17, 15) is 28.7 Å². The molecule has 0 nitrogen and oxygen atoms in total. The third kappa shape index (κ3) is 4.05. The van der Waals surface area contributed by atoms with Crippen LogP contribution in [0.4, 0.5) is 28.7 Å². The van der Waals surface area contributed by atoms with Gasteiger partial charge in [-0.3, -0.25) is 0 Å².